The van der Waals surface area contributed by atoms with E-state index in [4.69, 9.17) is 0 Å². The van der Waals surface area contributed by atoms with E-state index in [1.54, 1.807) is 20.8 Å². The molecule has 0 heterocycles. The lowest BCUT2D eigenvalue weighted by atomic mass is 9.77. The molecule has 0 aliphatic heterocycles. The molecule has 0 spiro atoms. The Labute approximate surface area is 150 Å². The number of benzene rings is 1. The van der Waals surface area contributed by atoms with Gasteiger partial charge in [-0.1, -0.05) is 20.8 Å². The predicted molar refractivity (Wildman–Crippen MR) is 89.2 cm³/mol. The van der Waals surface area contributed by atoms with E-state index in [0.29, 0.717) is 6.07 Å². The quantitative estimate of drug-likeness (QED) is 0.718. The zero-order valence-corrected chi connectivity index (χ0v) is 15.1. The highest BCUT2D eigenvalue weighted by Gasteiger charge is 2.36. The van der Waals surface area contributed by atoms with Gasteiger partial charge in [0.15, 0.2) is 0 Å². The smallest absolute Gasteiger partial charge is 0.328 e. The summed E-state index contributed by atoms with van der Waals surface area (Å²) in [6, 6.07) is 1.50. The van der Waals surface area contributed by atoms with E-state index in [9.17, 15) is 28.3 Å². The van der Waals surface area contributed by atoms with Crippen molar-refractivity contribution < 1.29 is 33.0 Å². The molecule has 2 atom stereocenters. The first-order chi connectivity index (χ1) is 11.9. The van der Waals surface area contributed by atoms with E-state index in [1.165, 1.54) is 0 Å². The van der Waals surface area contributed by atoms with Gasteiger partial charge >= 0.3 is 11.9 Å². The second-order valence-electron chi connectivity index (χ2n) is 7.09. The molecule has 0 saturated heterocycles. The van der Waals surface area contributed by atoms with Gasteiger partial charge in [-0.25, -0.2) is 13.6 Å². The lowest BCUT2D eigenvalue weighted by Gasteiger charge is -2.29. The fraction of sp³-hybridized carbons (Fsp3) is 0.500. The summed E-state index contributed by atoms with van der Waals surface area (Å²) in [4.78, 5) is 35.6. The van der Waals surface area contributed by atoms with Crippen LogP contribution in [0.4, 0.5) is 8.78 Å². The normalized spacial score (nSPS) is 13.6. The van der Waals surface area contributed by atoms with E-state index < -0.39 is 46.9 Å². The molecule has 0 aliphatic carbocycles. The molecule has 0 saturated carbocycles. The van der Waals surface area contributed by atoms with Crippen LogP contribution in [-0.2, 0) is 25.5 Å². The monoisotopic (exact) mass is 371 g/mol. The van der Waals surface area contributed by atoms with Crippen LogP contribution in [0.25, 0.3) is 0 Å². The fourth-order valence-electron chi connectivity index (χ4n) is 2.56. The number of hydrogen-bond acceptors (Lipinski definition) is 4. The number of halogens is 2. The van der Waals surface area contributed by atoms with Crippen molar-refractivity contribution in [3.05, 3.63) is 35.4 Å². The molecule has 0 radical (unpaired) electrons. The number of ether oxygens (including phenoxy) is 1. The van der Waals surface area contributed by atoms with Gasteiger partial charge in [-0.15, -0.1) is 0 Å². The van der Waals surface area contributed by atoms with E-state index in [-0.39, 0.29) is 18.4 Å². The molecule has 1 amide bonds. The van der Waals surface area contributed by atoms with Gasteiger partial charge < -0.3 is 15.2 Å². The zero-order chi connectivity index (χ0) is 20.1. The van der Waals surface area contributed by atoms with Crippen molar-refractivity contribution in [2.75, 3.05) is 7.11 Å². The molecule has 2 N–H and O–H groups in total. The summed E-state index contributed by atoms with van der Waals surface area (Å²) in [5.41, 5.74) is -0.566. The zero-order valence-electron chi connectivity index (χ0n) is 15.1. The number of hydrogen-bond donors (Lipinski definition) is 2. The van der Waals surface area contributed by atoms with E-state index in [0.717, 1.165) is 19.2 Å². The summed E-state index contributed by atoms with van der Waals surface area (Å²) in [5.74, 6) is -5.14. The van der Waals surface area contributed by atoms with Crippen LogP contribution in [0, 0.1) is 23.0 Å². The van der Waals surface area contributed by atoms with Crippen LogP contribution < -0.4 is 5.32 Å². The molecule has 1 rings (SSSR count). The predicted octanol–water partition coefficient (Wildman–Crippen LogP) is 2.30. The van der Waals surface area contributed by atoms with Crippen molar-refractivity contribution in [2.24, 2.45) is 11.3 Å². The van der Waals surface area contributed by atoms with Gasteiger partial charge in [0.1, 0.15) is 17.7 Å². The lowest BCUT2D eigenvalue weighted by molar-refractivity contribution is -0.150. The Balaban J connectivity index is 2.91. The lowest BCUT2D eigenvalue weighted by Crippen LogP contribution is -2.46. The van der Waals surface area contributed by atoms with Crippen LogP contribution in [-0.4, -0.2) is 36.1 Å². The molecule has 0 aromatic heterocycles. The Morgan fingerprint density at radius 2 is 1.69 bits per heavy atom. The SMILES string of the molecule is COC(=O)[C@@H](CC(C(=O)O)C(C)(C)C)NC(=O)Cc1cc(F)cc(F)c1. The highest BCUT2D eigenvalue weighted by atomic mass is 19.1. The van der Waals surface area contributed by atoms with Crippen molar-refractivity contribution in [2.45, 2.75) is 39.7 Å². The molecule has 1 aromatic carbocycles. The molecule has 0 aliphatic rings. The highest BCUT2D eigenvalue weighted by Crippen LogP contribution is 2.30. The van der Waals surface area contributed by atoms with E-state index in [2.05, 4.69) is 10.1 Å². The first-order valence-corrected chi connectivity index (χ1v) is 7.99. The Morgan fingerprint density at radius 1 is 1.15 bits per heavy atom. The Bertz CT molecular complexity index is 664. The van der Waals surface area contributed by atoms with Crippen molar-refractivity contribution in [3.8, 4) is 0 Å². The van der Waals surface area contributed by atoms with Gasteiger partial charge in [0.05, 0.1) is 19.4 Å². The minimum atomic E-state index is -1.19. The summed E-state index contributed by atoms with van der Waals surface area (Å²) < 4.78 is 31.0. The number of methoxy groups -OCH3 is 1. The number of rotatable bonds is 7. The van der Waals surface area contributed by atoms with Crippen molar-refractivity contribution in [1.29, 1.82) is 0 Å². The van der Waals surface area contributed by atoms with Gasteiger partial charge in [0.2, 0.25) is 5.91 Å². The molecule has 0 fully saturated rings. The maximum Gasteiger partial charge on any atom is 0.328 e. The molecule has 6 nitrogen and oxygen atoms in total. The van der Waals surface area contributed by atoms with Crippen LogP contribution in [0.2, 0.25) is 0 Å². The van der Waals surface area contributed by atoms with Gasteiger partial charge in [-0.2, -0.15) is 0 Å². The Hall–Kier alpha value is -2.51. The van der Waals surface area contributed by atoms with Crippen molar-refractivity contribution >= 4 is 17.8 Å². The van der Waals surface area contributed by atoms with Crippen LogP contribution in [0.1, 0.15) is 32.8 Å². The van der Waals surface area contributed by atoms with Gasteiger partial charge in [-0.3, -0.25) is 9.59 Å². The Kier molecular flexibility index (Phi) is 7.23. The number of carbonyl (C=O) groups is 3. The topological polar surface area (TPSA) is 92.7 Å². The minimum absolute atomic E-state index is 0.0919. The highest BCUT2D eigenvalue weighted by molar-refractivity contribution is 5.86. The van der Waals surface area contributed by atoms with Gasteiger partial charge in [0.25, 0.3) is 0 Å². The number of amides is 1. The summed E-state index contributed by atoms with van der Waals surface area (Å²) in [6.45, 7) is 5.12. The standard InChI is InChI=1S/C18H23F2NO5/c1-18(2,3)13(16(23)24)9-14(17(25)26-4)21-15(22)7-10-5-11(19)8-12(20)6-10/h5-6,8,13-14H,7,9H2,1-4H3,(H,21,22)(H,23,24)/t13?,14-/m1/s1. The largest absolute Gasteiger partial charge is 0.481 e. The van der Waals surface area contributed by atoms with E-state index >= 15 is 0 Å². The number of nitrogens with one attached hydrogen (secondary N) is 1. The molecule has 8 heteroatoms. The average Bonchev–Trinajstić information content (AvgIpc) is 2.47. The minimum Gasteiger partial charge on any atom is -0.481 e. The van der Waals surface area contributed by atoms with Crippen LogP contribution in [0.5, 0.6) is 0 Å². The number of esters is 1. The molecule has 144 valence electrons. The molecule has 0 bridgehead atoms. The van der Waals surface area contributed by atoms with Crippen LogP contribution in [0.3, 0.4) is 0 Å². The fourth-order valence-corrected chi connectivity index (χ4v) is 2.56. The molecular formula is C18H23F2NO5. The average molecular weight is 371 g/mol. The summed E-state index contributed by atoms with van der Waals surface area (Å²) in [7, 11) is 1.12. The molecular weight excluding hydrogens is 348 g/mol. The van der Waals surface area contributed by atoms with Crippen molar-refractivity contribution in [1.82, 2.24) is 5.32 Å². The Morgan fingerprint density at radius 3 is 2.12 bits per heavy atom. The summed E-state index contributed by atoms with van der Waals surface area (Å²) in [5, 5.41) is 11.8. The first-order valence-electron chi connectivity index (χ1n) is 7.99. The second kappa shape index (κ2) is 8.73. The number of carbonyl (C=O) groups excluding carboxylic acids is 2. The second-order valence-corrected chi connectivity index (χ2v) is 7.09. The van der Waals surface area contributed by atoms with E-state index in [1.807, 2.05) is 0 Å². The van der Waals surface area contributed by atoms with Crippen LogP contribution in [0.15, 0.2) is 18.2 Å². The number of carboxylic acids is 1. The van der Waals surface area contributed by atoms with Gasteiger partial charge in [0, 0.05) is 6.07 Å². The van der Waals surface area contributed by atoms with Crippen molar-refractivity contribution in [3.63, 3.8) is 0 Å². The van der Waals surface area contributed by atoms with Crippen LogP contribution >= 0.6 is 0 Å². The summed E-state index contributed by atoms with van der Waals surface area (Å²) >= 11 is 0. The maximum atomic E-state index is 13.2. The van der Waals surface area contributed by atoms with Gasteiger partial charge in [-0.05, 0) is 29.5 Å². The number of aliphatic carboxylic acids is 1. The molecule has 1 unspecified atom stereocenters. The third kappa shape index (κ3) is 6.42. The third-order valence-corrected chi connectivity index (χ3v) is 3.92. The third-order valence-electron chi connectivity index (χ3n) is 3.92. The molecule has 26 heavy (non-hydrogen) atoms. The summed E-state index contributed by atoms with van der Waals surface area (Å²) in [6.07, 6.45) is -0.538. The first kappa shape index (κ1) is 21.5. The molecule has 1 aromatic rings. The maximum absolute atomic E-state index is 13.2. The number of carboxylic acid groups (broad SMARTS) is 1.